The minimum atomic E-state index is -0.0284. The summed E-state index contributed by atoms with van der Waals surface area (Å²) in [7, 11) is 3.76. The van der Waals surface area contributed by atoms with Crippen LogP contribution in [0.1, 0.15) is 6.92 Å². The summed E-state index contributed by atoms with van der Waals surface area (Å²) in [6.45, 7) is 3.26. The minimum Gasteiger partial charge on any atom is -0.379 e. The second-order valence-corrected chi connectivity index (χ2v) is 5.20. The number of nitrogens with zero attached hydrogens (tertiary/aromatic N) is 1. The van der Waals surface area contributed by atoms with Gasteiger partial charge in [0.05, 0.1) is 19.1 Å². The summed E-state index contributed by atoms with van der Waals surface area (Å²) < 4.78 is 5.36. The molecule has 0 aromatic rings. The quantitative estimate of drug-likeness (QED) is 0.764. The van der Waals surface area contributed by atoms with E-state index in [1.807, 2.05) is 19.0 Å². The van der Waals surface area contributed by atoms with E-state index >= 15 is 0 Å². The molecule has 0 aromatic carbocycles. The lowest BCUT2D eigenvalue weighted by Gasteiger charge is -2.28. The zero-order valence-corrected chi connectivity index (χ0v) is 11.3. The normalized spacial score (nSPS) is 26.8. The summed E-state index contributed by atoms with van der Waals surface area (Å²) in [5.41, 5.74) is 0. The minimum absolute atomic E-state index is 0.0284. The topological polar surface area (TPSA) is 41.6 Å². The molecule has 0 aromatic heterocycles. The van der Waals surface area contributed by atoms with Crippen LogP contribution in [0.4, 0.5) is 0 Å². The lowest BCUT2D eigenvalue weighted by molar-refractivity contribution is -0.136. The monoisotopic (exact) mass is 246 g/mol. The van der Waals surface area contributed by atoms with Crippen LogP contribution in [0.25, 0.3) is 0 Å². The first-order valence-corrected chi connectivity index (χ1v) is 7.01. The summed E-state index contributed by atoms with van der Waals surface area (Å²) in [5, 5.41) is 3.14. The Hall–Kier alpha value is -0.260. The molecule has 3 unspecified atom stereocenters. The third kappa shape index (κ3) is 3.12. The highest BCUT2D eigenvalue weighted by atomic mass is 32.2. The summed E-state index contributed by atoms with van der Waals surface area (Å²) in [5.74, 6) is 1.14. The maximum atomic E-state index is 12.2. The number of hydrogen-bond acceptors (Lipinski definition) is 4. The lowest BCUT2D eigenvalue weighted by atomic mass is 10.0. The van der Waals surface area contributed by atoms with E-state index in [2.05, 4.69) is 18.5 Å². The molecule has 1 rings (SSSR count). The first kappa shape index (κ1) is 13.8. The molecule has 0 spiro atoms. The molecule has 0 bridgehead atoms. The first-order valence-electron chi connectivity index (χ1n) is 5.62. The third-order valence-corrected chi connectivity index (χ3v) is 4.00. The van der Waals surface area contributed by atoms with Crippen molar-refractivity contribution in [3.05, 3.63) is 0 Å². The highest BCUT2D eigenvalue weighted by Gasteiger charge is 2.35. The Bertz CT molecular complexity index is 238. The Kier molecular flexibility index (Phi) is 5.58. The van der Waals surface area contributed by atoms with E-state index in [-0.39, 0.29) is 23.9 Å². The van der Waals surface area contributed by atoms with Gasteiger partial charge in [0.1, 0.15) is 0 Å². The number of nitrogens with one attached hydrogen (secondary N) is 1. The predicted octanol–water partition coefficient (Wildman–Crippen LogP) is 0.431. The van der Waals surface area contributed by atoms with Gasteiger partial charge >= 0.3 is 0 Å². The van der Waals surface area contributed by atoms with Crippen LogP contribution in [-0.2, 0) is 9.53 Å². The van der Waals surface area contributed by atoms with Crippen molar-refractivity contribution in [1.82, 2.24) is 10.2 Å². The van der Waals surface area contributed by atoms with Crippen LogP contribution in [-0.4, -0.2) is 62.2 Å². The third-order valence-electron chi connectivity index (χ3n) is 3.19. The Balaban J connectivity index is 2.55. The average molecular weight is 246 g/mol. The molecular weight excluding hydrogens is 224 g/mol. The SMILES string of the molecule is CNC1COCC1C(=O)N(C)C(C)CSC. The summed E-state index contributed by atoms with van der Waals surface area (Å²) in [6.07, 6.45) is 2.06. The molecule has 3 atom stereocenters. The van der Waals surface area contributed by atoms with Gasteiger partial charge in [0.25, 0.3) is 0 Å². The van der Waals surface area contributed by atoms with Gasteiger partial charge in [-0.3, -0.25) is 4.79 Å². The van der Waals surface area contributed by atoms with Gasteiger partial charge in [-0.05, 0) is 20.2 Å². The molecule has 1 amide bonds. The summed E-state index contributed by atoms with van der Waals surface area (Å²) >= 11 is 1.76. The van der Waals surface area contributed by atoms with Crippen LogP contribution in [0.3, 0.4) is 0 Å². The van der Waals surface area contributed by atoms with E-state index in [1.165, 1.54) is 0 Å². The maximum Gasteiger partial charge on any atom is 0.229 e. The van der Waals surface area contributed by atoms with Crippen molar-refractivity contribution in [2.75, 3.05) is 39.3 Å². The molecule has 16 heavy (non-hydrogen) atoms. The molecule has 1 N–H and O–H groups in total. The van der Waals surface area contributed by atoms with Crippen LogP contribution in [0.15, 0.2) is 0 Å². The van der Waals surface area contributed by atoms with Crippen LogP contribution in [0, 0.1) is 5.92 Å². The van der Waals surface area contributed by atoms with Gasteiger partial charge in [-0.2, -0.15) is 11.8 Å². The van der Waals surface area contributed by atoms with Crippen molar-refractivity contribution in [2.45, 2.75) is 19.0 Å². The number of hydrogen-bond donors (Lipinski definition) is 1. The van der Waals surface area contributed by atoms with E-state index in [9.17, 15) is 4.79 Å². The van der Waals surface area contributed by atoms with Crippen molar-refractivity contribution in [3.63, 3.8) is 0 Å². The second-order valence-electron chi connectivity index (χ2n) is 4.29. The number of likely N-dealkylation sites (N-methyl/N-ethyl adjacent to an activating group) is 1. The molecule has 0 saturated carbocycles. The van der Waals surface area contributed by atoms with Gasteiger partial charge in [-0.1, -0.05) is 0 Å². The number of ether oxygens (including phenoxy) is 1. The van der Waals surface area contributed by atoms with Crippen molar-refractivity contribution >= 4 is 17.7 Å². The lowest BCUT2D eigenvalue weighted by Crippen LogP contribution is -2.46. The molecule has 0 radical (unpaired) electrons. The van der Waals surface area contributed by atoms with Crippen molar-refractivity contribution < 1.29 is 9.53 Å². The fraction of sp³-hybridized carbons (Fsp3) is 0.909. The van der Waals surface area contributed by atoms with E-state index < -0.39 is 0 Å². The summed E-state index contributed by atoms with van der Waals surface area (Å²) in [6, 6.07) is 0.442. The zero-order chi connectivity index (χ0) is 12.1. The van der Waals surface area contributed by atoms with Gasteiger partial charge in [-0.25, -0.2) is 0 Å². The van der Waals surface area contributed by atoms with Gasteiger partial charge in [0, 0.05) is 24.9 Å². The van der Waals surface area contributed by atoms with Crippen molar-refractivity contribution in [2.24, 2.45) is 5.92 Å². The molecule has 1 saturated heterocycles. The molecule has 1 fully saturated rings. The van der Waals surface area contributed by atoms with Crippen molar-refractivity contribution in [1.29, 1.82) is 0 Å². The van der Waals surface area contributed by atoms with E-state index in [4.69, 9.17) is 4.74 Å². The Morgan fingerprint density at radius 2 is 2.31 bits per heavy atom. The van der Waals surface area contributed by atoms with Gasteiger partial charge in [-0.15, -0.1) is 0 Å². The summed E-state index contributed by atoms with van der Waals surface area (Å²) in [4.78, 5) is 14.1. The molecule has 94 valence electrons. The fourth-order valence-corrected chi connectivity index (χ4v) is 2.62. The van der Waals surface area contributed by atoms with E-state index in [1.54, 1.807) is 11.8 Å². The number of rotatable bonds is 5. The zero-order valence-electron chi connectivity index (χ0n) is 10.5. The predicted molar refractivity (Wildman–Crippen MR) is 67.8 cm³/mol. The fourth-order valence-electron chi connectivity index (χ4n) is 1.91. The molecule has 0 aliphatic carbocycles. The molecule has 1 aliphatic rings. The van der Waals surface area contributed by atoms with Gasteiger partial charge in [0.15, 0.2) is 0 Å². The molecular formula is C11H22N2O2S. The number of amides is 1. The first-order chi connectivity index (χ1) is 7.61. The van der Waals surface area contributed by atoms with E-state index in [0.717, 1.165) is 5.75 Å². The van der Waals surface area contributed by atoms with Gasteiger partial charge in [0.2, 0.25) is 5.91 Å². The highest BCUT2D eigenvalue weighted by molar-refractivity contribution is 7.98. The number of thioether (sulfide) groups is 1. The van der Waals surface area contributed by atoms with E-state index in [0.29, 0.717) is 13.2 Å². The Morgan fingerprint density at radius 1 is 1.62 bits per heavy atom. The maximum absolute atomic E-state index is 12.2. The molecule has 1 heterocycles. The second kappa shape index (κ2) is 6.47. The Labute approximate surface area is 102 Å². The standard InChI is InChI=1S/C11H22N2O2S/c1-8(7-16-4)13(3)11(14)9-5-15-6-10(9)12-2/h8-10,12H,5-7H2,1-4H3. The number of carbonyl (C=O) groups excluding carboxylic acids is 1. The van der Waals surface area contributed by atoms with Crippen molar-refractivity contribution in [3.8, 4) is 0 Å². The molecule has 4 nitrogen and oxygen atoms in total. The van der Waals surface area contributed by atoms with Crippen LogP contribution >= 0.6 is 11.8 Å². The molecule has 1 aliphatic heterocycles. The van der Waals surface area contributed by atoms with Crippen LogP contribution in [0.5, 0.6) is 0 Å². The molecule has 5 heteroatoms. The smallest absolute Gasteiger partial charge is 0.229 e. The van der Waals surface area contributed by atoms with Gasteiger partial charge < -0.3 is 15.0 Å². The number of carbonyl (C=O) groups is 1. The average Bonchev–Trinajstić information content (AvgIpc) is 2.75. The largest absolute Gasteiger partial charge is 0.379 e. The van der Waals surface area contributed by atoms with Crippen LogP contribution < -0.4 is 5.32 Å². The Morgan fingerprint density at radius 3 is 2.88 bits per heavy atom. The highest BCUT2D eigenvalue weighted by Crippen LogP contribution is 2.17. The van der Waals surface area contributed by atoms with Crippen LogP contribution in [0.2, 0.25) is 0 Å².